The second-order valence-corrected chi connectivity index (χ2v) is 8.75. The summed E-state index contributed by atoms with van der Waals surface area (Å²) in [4.78, 5) is 7.39. The Kier molecular flexibility index (Phi) is 5.10. The van der Waals surface area contributed by atoms with Crippen molar-refractivity contribution in [1.29, 1.82) is 0 Å². The summed E-state index contributed by atoms with van der Waals surface area (Å²) >= 11 is 6.16. The van der Waals surface area contributed by atoms with E-state index in [1.165, 1.54) is 11.1 Å². The molecular formula is C26H26ClN3. The van der Waals surface area contributed by atoms with Gasteiger partial charge in [0.15, 0.2) is 0 Å². The van der Waals surface area contributed by atoms with Crippen LogP contribution in [0.2, 0.25) is 5.02 Å². The number of halogens is 1. The zero-order valence-electron chi connectivity index (χ0n) is 17.3. The van der Waals surface area contributed by atoms with Crippen molar-refractivity contribution >= 4 is 22.6 Å². The number of fused-ring (bicyclic) bond motifs is 1. The molecule has 30 heavy (non-hydrogen) atoms. The third-order valence-corrected chi connectivity index (χ3v) is 6.90. The fourth-order valence-electron chi connectivity index (χ4n) is 4.92. The van der Waals surface area contributed by atoms with Gasteiger partial charge < -0.3 is 4.57 Å². The normalized spacial score (nSPS) is 16.7. The Hall–Kier alpha value is -2.62. The Bertz CT molecular complexity index is 1100. The van der Waals surface area contributed by atoms with E-state index in [0.29, 0.717) is 0 Å². The predicted octanol–water partition coefficient (Wildman–Crippen LogP) is 5.81. The Morgan fingerprint density at radius 2 is 1.47 bits per heavy atom. The highest BCUT2D eigenvalue weighted by atomic mass is 35.5. The molecule has 0 bridgehead atoms. The van der Waals surface area contributed by atoms with E-state index in [1.807, 2.05) is 12.1 Å². The Balaban J connectivity index is 1.40. The molecule has 1 aliphatic rings. The van der Waals surface area contributed by atoms with Gasteiger partial charge in [-0.1, -0.05) is 72.3 Å². The molecule has 0 N–H and O–H groups in total. The van der Waals surface area contributed by atoms with E-state index in [2.05, 4.69) is 83.2 Å². The second kappa shape index (κ2) is 7.90. The van der Waals surface area contributed by atoms with Gasteiger partial charge in [0.1, 0.15) is 5.82 Å². The molecule has 2 heterocycles. The van der Waals surface area contributed by atoms with Crippen LogP contribution in [0.25, 0.3) is 11.0 Å². The molecule has 0 unspecified atom stereocenters. The molecular weight excluding hydrogens is 390 g/mol. The average molecular weight is 416 g/mol. The van der Waals surface area contributed by atoms with Crippen molar-refractivity contribution in [3.63, 3.8) is 0 Å². The number of likely N-dealkylation sites (tertiary alicyclic amines) is 1. The Labute approximate surface area is 182 Å². The van der Waals surface area contributed by atoms with Gasteiger partial charge in [-0.2, -0.15) is 0 Å². The number of hydrogen-bond acceptors (Lipinski definition) is 2. The van der Waals surface area contributed by atoms with Crippen LogP contribution in [0.3, 0.4) is 0 Å². The van der Waals surface area contributed by atoms with E-state index in [4.69, 9.17) is 16.6 Å². The highest BCUT2D eigenvalue weighted by Gasteiger charge is 2.37. The predicted molar refractivity (Wildman–Crippen MR) is 124 cm³/mol. The lowest BCUT2D eigenvalue weighted by atomic mass is 9.68. The number of rotatable bonds is 4. The van der Waals surface area contributed by atoms with Gasteiger partial charge in [-0.15, -0.1) is 0 Å². The maximum absolute atomic E-state index is 6.16. The van der Waals surface area contributed by atoms with Crippen LogP contribution in [0, 0.1) is 0 Å². The zero-order chi connectivity index (χ0) is 20.6. The molecule has 3 nitrogen and oxygen atoms in total. The quantitative estimate of drug-likeness (QED) is 0.419. The molecule has 1 aromatic heterocycles. The molecule has 0 saturated carbocycles. The van der Waals surface area contributed by atoms with Gasteiger partial charge in [0.2, 0.25) is 0 Å². The first-order valence-corrected chi connectivity index (χ1v) is 11.0. The van der Waals surface area contributed by atoms with Crippen LogP contribution in [0.4, 0.5) is 0 Å². The molecule has 0 radical (unpaired) electrons. The van der Waals surface area contributed by atoms with Gasteiger partial charge in [-0.3, -0.25) is 4.90 Å². The van der Waals surface area contributed by atoms with Crippen LogP contribution >= 0.6 is 11.6 Å². The summed E-state index contributed by atoms with van der Waals surface area (Å²) in [6.45, 7) is 2.96. The lowest BCUT2D eigenvalue weighted by Gasteiger charge is -2.42. The molecule has 1 aliphatic heterocycles. The minimum absolute atomic E-state index is 0.0822. The van der Waals surface area contributed by atoms with Crippen molar-refractivity contribution in [2.75, 3.05) is 13.1 Å². The molecule has 1 fully saturated rings. The number of nitrogens with zero attached hydrogens (tertiary/aromatic N) is 3. The molecule has 0 aliphatic carbocycles. The zero-order valence-corrected chi connectivity index (χ0v) is 18.0. The first-order chi connectivity index (χ1) is 14.7. The fraction of sp³-hybridized carbons (Fsp3) is 0.269. The number of benzene rings is 3. The average Bonchev–Trinajstić information content (AvgIpc) is 3.10. The van der Waals surface area contributed by atoms with Crippen LogP contribution < -0.4 is 0 Å². The molecule has 0 spiro atoms. The van der Waals surface area contributed by atoms with Crippen LogP contribution in [-0.4, -0.2) is 27.5 Å². The first kappa shape index (κ1) is 19.3. The summed E-state index contributed by atoms with van der Waals surface area (Å²) in [5, 5.41) is 0.737. The highest BCUT2D eigenvalue weighted by Crippen LogP contribution is 2.41. The maximum atomic E-state index is 6.16. The van der Waals surface area contributed by atoms with Crippen LogP contribution in [-0.2, 0) is 19.0 Å². The van der Waals surface area contributed by atoms with Crippen molar-refractivity contribution in [2.24, 2.45) is 7.05 Å². The molecule has 5 rings (SSSR count). The lowest BCUT2D eigenvalue weighted by molar-refractivity contribution is 0.168. The van der Waals surface area contributed by atoms with Gasteiger partial charge >= 0.3 is 0 Å². The van der Waals surface area contributed by atoms with Crippen molar-refractivity contribution in [3.8, 4) is 0 Å². The summed E-state index contributed by atoms with van der Waals surface area (Å²) in [7, 11) is 2.10. The number of aromatic nitrogens is 2. The van der Waals surface area contributed by atoms with Gasteiger partial charge in [-0.05, 0) is 55.3 Å². The van der Waals surface area contributed by atoms with E-state index >= 15 is 0 Å². The van der Waals surface area contributed by atoms with Crippen LogP contribution in [0.15, 0.2) is 78.9 Å². The summed E-state index contributed by atoms with van der Waals surface area (Å²) in [5.74, 6) is 1.10. The molecule has 1 saturated heterocycles. The van der Waals surface area contributed by atoms with Crippen molar-refractivity contribution in [1.82, 2.24) is 14.5 Å². The van der Waals surface area contributed by atoms with Gasteiger partial charge in [-0.25, -0.2) is 4.98 Å². The summed E-state index contributed by atoms with van der Waals surface area (Å²) < 4.78 is 2.20. The smallest absolute Gasteiger partial charge is 0.123 e. The largest absolute Gasteiger partial charge is 0.330 e. The van der Waals surface area contributed by atoms with Crippen molar-refractivity contribution in [2.45, 2.75) is 24.8 Å². The number of imidazole rings is 1. The lowest BCUT2D eigenvalue weighted by Crippen LogP contribution is -2.43. The molecule has 4 heteroatoms. The number of aryl methyl sites for hydroxylation is 1. The van der Waals surface area contributed by atoms with E-state index in [0.717, 1.165) is 54.4 Å². The van der Waals surface area contributed by atoms with E-state index in [1.54, 1.807) is 0 Å². The Morgan fingerprint density at radius 1 is 0.867 bits per heavy atom. The third-order valence-electron chi connectivity index (χ3n) is 6.66. The van der Waals surface area contributed by atoms with Crippen LogP contribution in [0.5, 0.6) is 0 Å². The van der Waals surface area contributed by atoms with E-state index in [9.17, 15) is 0 Å². The van der Waals surface area contributed by atoms with Crippen molar-refractivity contribution < 1.29 is 0 Å². The molecule has 0 atom stereocenters. The van der Waals surface area contributed by atoms with Crippen LogP contribution in [0.1, 0.15) is 29.8 Å². The van der Waals surface area contributed by atoms with Gasteiger partial charge in [0, 0.05) is 17.5 Å². The Morgan fingerprint density at radius 3 is 2.07 bits per heavy atom. The molecule has 3 aromatic carbocycles. The SMILES string of the molecule is Cn1c(CN2CCC(c3ccccc3)(c3ccccc3)CC2)nc2cc(Cl)ccc21. The van der Waals surface area contributed by atoms with E-state index in [-0.39, 0.29) is 5.41 Å². The summed E-state index contributed by atoms with van der Waals surface area (Å²) in [6, 6.07) is 28.0. The fourth-order valence-corrected chi connectivity index (χ4v) is 5.08. The molecule has 4 aromatic rings. The minimum atomic E-state index is 0.0822. The second-order valence-electron chi connectivity index (χ2n) is 8.31. The first-order valence-electron chi connectivity index (χ1n) is 10.6. The minimum Gasteiger partial charge on any atom is -0.330 e. The highest BCUT2D eigenvalue weighted by molar-refractivity contribution is 6.31. The maximum Gasteiger partial charge on any atom is 0.123 e. The number of piperidine rings is 1. The molecule has 152 valence electrons. The van der Waals surface area contributed by atoms with E-state index < -0.39 is 0 Å². The summed E-state index contributed by atoms with van der Waals surface area (Å²) in [6.07, 6.45) is 2.22. The number of hydrogen-bond donors (Lipinski definition) is 0. The van der Waals surface area contributed by atoms with Gasteiger partial charge in [0.25, 0.3) is 0 Å². The van der Waals surface area contributed by atoms with Crippen molar-refractivity contribution in [3.05, 3.63) is 101 Å². The monoisotopic (exact) mass is 415 g/mol. The topological polar surface area (TPSA) is 21.1 Å². The third kappa shape index (κ3) is 3.42. The van der Waals surface area contributed by atoms with Gasteiger partial charge in [0.05, 0.1) is 17.6 Å². The molecule has 0 amide bonds. The summed E-state index contributed by atoms with van der Waals surface area (Å²) in [5.41, 5.74) is 5.04. The standard InChI is InChI=1S/C26H26ClN3/c1-29-24-13-12-22(27)18-23(24)28-25(29)19-30-16-14-26(15-17-30,20-8-4-2-5-9-20)21-10-6-3-7-11-21/h2-13,18H,14-17,19H2,1H3.